The van der Waals surface area contributed by atoms with Gasteiger partial charge in [-0.15, -0.1) is 0 Å². The quantitative estimate of drug-likeness (QED) is 0.261. The number of hydrogen-bond donors (Lipinski definition) is 1. The van der Waals surface area contributed by atoms with Gasteiger partial charge in [-0.2, -0.15) is 0 Å². The monoisotopic (exact) mass is 369 g/mol. The molecule has 0 amide bonds. The number of aromatic nitrogens is 1. The molecule has 1 nitrogen and oxygen atoms in total. The Labute approximate surface area is 168 Å². The van der Waals surface area contributed by atoms with E-state index < -0.39 is 0 Å². The molecule has 0 spiro atoms. The van der Waals surface area contributed by atoms with E-state index in [0.717, 1.165) is 0 Å². The van der Waals surface area contributed by atoms with E-state index in [9.17, 15) is 0 Å². The first kappa shape index (κ1) is 16.1. The Morgan fingerprint density at radius 2 is 0.724 bits per heavy atom. The van der Waals surface area contributed by atoms with Crippen molar-refractivity contribution in [2.75, 3.05) is 0 Å². The lowest BCUT2D eigenvalue weighted by atomic mass is 9.95. The highest BCUT2D eigenvalue weighted by Gasteiger charge is 2.06. The highest BCUT2D eigenvalue weighted by Crippen LogP contribution is 2.33. The average molecular weight is 369 g/mol. The van der Waals surface area contributed by atoms with Gasteiger partial charge in [-0.1, -0.05) is 97.1 Å². The minimum atomic E-state index is 1.21. The summed E-state index contributed by atoms with van der Waals surface area (Å²) in [5.41, 5.74) is 2.42. The molecule has 0 aliphatic rings. The molecule has 6 aromatic carbocycles. The number of H-pyrrole nitrogens is 1. The topological polar surface area (TPSA) is 15.8 Å². The van der Waals surface area contributed by atoms with Crippen LogP contribution in [0.5, 0.6) is 0 Å². The first-order valence-electron chi connectivity index (χ1n) is 9.96. The van der Waals surface area contributed by atoms with Gasteiger partial charge in [-0.25, -0.2) is 0 Å². The lowest BCUT2D eigenvalue weighted by Gasteiger charge is -2.09. The van der Waals surface area contributed by atoms with Gasteiger partial charge >= 0.3 is 0 Å². The Bertz CT molecular complexity index is 1420. The fourth-order valence-electron chi connectivity index (χ4n) is 4.47. The lowest BCUT2D eigenvalue weighted by Crippen LogP contribution is -1.82. The van der Waals surface area contributed by atoms with Crippen molar-refractivity contribution in [1.29, 1.82) is 0 Å². The molecule has 136 valence electrons. The maximum atomic E-state index is 3.38. The second-order valence-electron chi connectivity index (χ2n) is 7.51. The van der Waals surface area contributed by atoms with Crippen LogP contribution < -0.4 is 0 Å². The van der Waals surface area contributed by atoms with Crippen LogP contribution in [0.15, 0.2) is 109 Å². The standard InChI is InChI=1S/C16H10.C12H9N/c1-3-11-7-9-13-5-2-6-14-10-8-12(4-1)15(11)16(13)14;1-3-7-11-9(5-1)10-6-2-4-8-12(10)13-11/h1-10H;1-8,13H. The molecule has 0 fully saturated rings. The molecular weight excluding hydrogens is 350 g/mol. The number of benzene rings is 6. The largest absolute Gasteiger partial charge is 0.355 e. The van der Waals surface area contributed by atoms with Crippen LogP contribution in [-0.4, -0.2) is 4.98 Å². The second-order valence-corrected chi connectivity index (χ2v) is 7.51. The molecule has 7 rings (SSSR count). The molecule has 0 atom stereocenters. The van der Waals surface area contributed by atoms with E-state index in [1.807, 2.05) is 0 Å². The van der Waals surface area contributed by atoms with Crippen LogP contribution in [0.4, 0.5) is 0 Å². The number of aromatic amines is 1. The van der Waals surface area contributed by atoms with Gasteiger partial charge in [0.1, 0.15) is 0 Å². The van der Waals surface area contributed by atoms with Crippen LogP contribution in [0.25, 0.3) is 54.1 Å². The first-order chi connectivity index (χ1) is 14.4. The summed E-state index contributed by atoms with van der Waals surface area (Å²) >= 11 is 0. The molecule has 1 heteroatoms. The molecule has 29 heavy (non-hydrogen) atoms. The average Bonchev–Trinajstić information content (AvgIpc) is 3.17. The normalized spacial score (nSPS) is 11.4. The van der Waals surface area contributed by atoms with Crippen molar-refractivity contribution in [2.45, 2.75) is 0 Å². The highest BCUT2D eigenvalue weighted by molar-refractivity contribution is 6.22. The van der Waals surface area contributed by atoms with Crippen LogP contribution in [-0.2, 0) is 0 Å². The first-order valence-corrected chi connectivity index (χ1v) is 9.96. The third-order valence-electron chi connectivity index (χ3n) is 5.81. The third kappa shape index (κ3) is 2.55. The van der Waals surface area contributed by atoms with Crippen molar-refractivity contribution >= 4 is 54.1 Å². The lowest BCUT2D eigenvalue weighted by molar-refractivity contribution is 1.55. The summed E-state index contributed by atoms with van der Waals surface area (Å²) in [6, 6.07) is 38.6. The number of rotatable bonds is 0. The zero-order chi connectivity index (χ0) is 19.2. The molecule has 1 N–H and O–H groups in total. The van der Waals surface area contributed by atoms with E-state index in [4.69, 9.17) is 0 Å². The van der Waals surface area contributed by atoms with Crippen molar-refractivity contribution < 1.29 is 0 Å². The highest BCUT2D eigenvalue weighted by atomic mass is 14.7. The summed E-state index contributed by atoms with van der Waals surface area (Å²) in [6.07, 6.45) is 0. The SMILES string of the molecule is c1cc2ccc3cccc4ccc(c1)c2c34.c1ccc2c(c1)[nH]c1ccccc12. The smallest absolute Gasteiger partial charge is 0.0464 e. The van der Waals surface area contributed by atoms with E-state index in [0.29, 0.717) is 0 Å². The van der Waals surface area contributed by atoms with Crippen molar-refractivity contribution in [3.8, 4) is 0 Å². The van der Waals surface area contributed by atoms with E-state index in [-0.39, 0.29) is 0 Å². The number of fused-ring (bicyclic) bond motifs is 3. The minimum Gasteiger partial charge on any atom is -0.355 e. The van der Waals surface area contributed by atoms with Crippen LogP contribution in [0.1, 0.15) is 0 Å². The summed E-state index contributed by atoms with van der Waals surface area (Å²) in [7, 11) is 0. The number of nitrogens with one attached hydrogen (secondary N) is 1. The molecule has 0 unspecified atom stereocenters. The molecule has 1 aromatic heterocycles. The molecule has 0 radical (unpaired) electrons. The van der Waals surface area contributed by atoms with Gasteiger partial charge in [-0.05, 0) is 44.5 Å². The predicted octanol–water partition coefficient (Wildman–Crippen LogP) is 7.91. The Balaban J connectivity index is 0.000000117. The predicted molar refractivity (Wildman–Crippen MR) is 126 cm³/mol. The molecule has 0 saturated carbocycles. The summed E-state index contributed by atoms with van der Waals surface area (Å²) < 4.78 is 0. The summed E-state index contributed by atoms with van der Waals surface area (Å²) in [5, 5.41) is 10.7. The fraction of sp³-hybridized carbons (Fsp3) is 0. The van der Waals surface area contributed by atoms with Crippen molar-refractivity contribution in [1.82, 2.24) is 4.98 Å². The molecule has 1 heterocycles. The fourth-order valence-corrected chi connectivity index (χ4v) is 4.47. The van der Waals surface area contributed by atoms with Crippen molar-refractivity contribution in [2.24, 2.45) is 0 Å². The van der Waals surface area contributed by atoms with Crippen molar-refractivity contribution in [3.63, 3.8) is 0 Å². The van der Waals surface area contributed by atoms with Crippen LogP contribution in [0, 0.1) is 0 Å². The van der Waals surface area contributed by atoms with Gasteiger partial charge < -0.3 is 4.98 Å². The summed E-state index contributed by atoms with van der Waals surface area (Å²) in [6.45, 7) is 0. The van der Waals surface area contributed by atoms with Gasteiger partial charge in [0, 0.05) is 21.8 Å². The van der Waals surface area contributed by atoms with Gasteiger partial charge in [0.25, 0.3) is 0 Å². The van der Waals surface area contributed by atoms with Crippen LogP contribution >= 0.6 is 0 Å². The van der Waals surface area contributed by atoms with Crippen LogP contribution in [0.3, 0.4) is 0 Å². The molecule has 0 bridgehead atoms. The zero-order valence-electron chi connectivity index (χ0n) is 15.9. The van der Waals surface area contributed by atoms with Gasteiger partial charge in [0.05, 0.1) is 0 Å². The summed E-state index contributed by atoms with van der Waals surface area (Å²) in [4.78, 5) is 3.38. The zero-order valence-corrected chi connectivity index (χ0v) is 15.9. The maximum Gasteiger partial charge on any atom is 0.0464 e. The number of hydrogen-bond acceptors (Lipinski definition) is 0. The molecule has 0 saturated heterocycles. The Kier molecular flexibility index (Phi) is 3.54. The summed E-state index contributed by atoms with van der Waals surface area (Å²) in [5.74, 6) is 0. The van der Waals surface area contributed by atoms with Gasteiger partial charge in [0.15, 0.2) is 0 Å². The van der Waals surface area contributed by atoms with E-state index >= 15 is 0 Å². The molecular formula is C28H19N. The third-order valence-corrected chi connectivity index (χ3v) is 5.81. The maximum absolute atomic E-state index is 3.38. The van der Waals surface area contributed by atoms with E-state index in [1.54, 1.807) is 0 Å². The van der Waals surface area contributed by atoms with Crippen molar-refractivity contribution in [3.05, 3.63) is 109 Å². The molecule has 7 aromatic rings. The van der Waals surface area contributed by atoms with E-state index in [2.05, 4.69) is 114 Å². The number of para-hydroxylation sites is 2. The van der Waals surface area contributed by atoms with E-state index in [1.165, 1.54) is 54.1 Å². The Morgan fingerprint density at radius 1 is 0.345 bits per heavy atom. The minimum absolute atomic E-state index is 1.21. The van der Waals surface area contributed by atoms with Gasteiger partial charge in [0.2, 0.25) is 0 Å². The van der Waals surface area contributed by atoms with Crippen LogP contribution in [0.2, 0.25) is 0 Å². The Hall–Kier alpha value is -3.84. The molecule has 0 aliphatic heterocycles. The second kappa shape index (κ2) is 6.35. The Morgan fingerprint density at radius 3 is 1.14 bits per heavy atom. The van der Waals surface area contributed by atoms with Gasteiger partial charge in [-0.3, -0.25) is 0 Å². The molecule has 0 aliphatic carbocycles.